The molecular weight excluding hydrogens is 266 g/mol. The van der Waals surface area contributed by atoms with Gasteiger partial charge in [-0.25, -0.2) is 4.98 Å². The van der Waals surface area contributed by atoms with Crippen molar-refractivity contribution in [2.24, 2.45) is 0 Å². The summed E-state index contributed by atoms with van der Waals surface area (Å²) >= 11 is 0. The van der Waals surface area contributed by atoms with Crippen LogP contribution in [-0.4, -0.2) is 27.2 Å². The zero-order valence-electron chi connectivity index (χ0n) is 11.4. The molecule has 0 saturated carbocycles. The Morgan fingerprint density at radius 2 is 2.14 bits per heavy atom. The number of nitrogen functional groups attached to an aromatic ring is 1. The number of para-hydroxylation sites is 1. The van der Waals surface area contributed by atoms with Gasteiger partial charge in [-0.2, -0.15) is 5.10 Å². The first-order chi connectivity index (χ1) is 10.2. The van der Waals surface area contributed by atoms with Crippen LogP contribution < -0.4 is 11.1 Å². The maximum absolute atomic E-state index is 12.1. The molecule has 0 saturated heterocycles. The molecule has 1 amide bonds. The third-order valence-electron chi connectivity index (χ3n) is 3.17. The van der Waals surface area contributed by atoms with Gasteiger partial charge in [0.25, 0.3) is 5.91 Å². The largest absolute Gasteiger partial charge is 0.398 e. The Hall–Kier alpha value is -2.89. The number of hydrogen-bond donors (Lipinski definition) is 2. The zero-order valence-corrected chi connectivity index (χ0v) is 11.4. The van der Waals surface area contributed by atoms with Gasteiger partial charge in [-0.15, -0.1) is 0 Å². The summed E-state index contributed by atoms with van der Waals surface area (Å²) in [6.07, 6.45) is 3.55. The maximum Gasteiger partial charge on any atom is 0.270 e. The van der Waals surface area contributed by atoms with E-state index in [0.29, 0.717) is 24.5 Å². The van der Waals surface area contributed by atoms with Crippen molar-refractivity contribution < 1.29 is 4.79 Å². The molecule has 0 fully saturated rings. The van der Waals surface area contributed by atoms with Crippen LogP contribution in [0.1, 0.15) is 10.5 Å². The van der Waals surface area contributed by atoms with Gasteiger partial charge in [-0.05, 0) is 18.2 Å². The van der Waals surface area contributed by atoms with Gasteiger partial charge in [0.15, 0.2) is 0 Å². The minimum absolute atomic E-state index is 0.236. The summed E-state index contributed by atoms with van der Waals surface area (Å²) in [7, 11) is 0. The summed E-state index contributed by atoms with van der Waals surface area (Å²) in [6, 6.07) is 10.9. The fourth-order valence-corrected chi connectivity index (χ4v) is 2.13. The van der Waals surface area contributed by atoms with Gasteiger partial charge in [-0.1, -0.05) is 18.2 Å². The molecule has 3 rings (SSSR count). The Morgan fingerprint density at radius 3 is 2.95 bits per heavy atom. The monoisotopic (exact) mass is 281 g/mol. The lowest BCUT2D eigenvalue weighted by molar-refractivity contribution is 0.0947. The number of pyridine rings is 1. The molecule has 0 spiro atoms. The van der Waals surface area contributed by atoms with Crippen molar-refractivity contribution in [3.8, 4) is 0 Å². The lowest BCUT2D eigenvalue weighted by Crippen LogP contribution is -2.28. The van der Waals surface area contributed by atoms with Crippen LogP contribution in [-0.2, 0) is 6.54 Å². The molecule has 0 bridgehead atoms. The van der Waals surface area contributed by atoms with E-state index in [0.717, 1.165) is 10.9 Å². The number of hydrogen-bond acceptors (Lipinski definition) is 4. The zero-order chi connectivity index (χ0) is 14.7. The van der Waals surface area contributed by atoms with Crippen molar-refractivity contribution in [1.82, 2.24) is 20.1 Å². The molecule has 0 atom stereocenters. The summed E-state index contributed by atoms with van der Waals surface area (Å²) in [6.45, 7) is 1.09. The van der Waals surface area contributed by atoms with Crippen LogP contribution in [0.15, 0.2) is 48.8 Å². The van der Waals surface area contributed by atoms with E-state index in [1.165, 1.54) is 0 Å². The summed E-state index contributed by atoms with van der Waals surface area (Å²) < 4.78 is 1.75. The molecule has 21 heavy (non-hydrogen) atoms. The number of carbonyl (C=O) groups is 1. The Kier molecular flexibility index (Phi) is 3.51. The molecule has 0 aliphatic rings. The number of nitrogens with one attached hydrogen (secondary N) is 1. The van der Waals surface area contributed by atoms with Crippen LogP contribution in [0, 0.1) is 0 Å². The second-order valence-corrected chi connectivity index (χ2v) is 4.64. The Labute approximate surface area is 121 Å². The number of rotatable bonds is 4. The number of nitrogens with zero attached hydrogens (tertiary/aromatic N) is 3. The third-order valence-corrected chi connectivity index (χ3v) is 3.17. The summed E-state index contributed by atoms with van der Waals surface area (Å²) in [5.74, 6) is -0.236. The molecule has 0 unspecified atom stereocenters. The van der Waals surface area contributed by atoms with Crippen molar-refractivity contribution in [2.45, 2.75) is 6.54 Å². The van der Waals surface area contributed by atoms with Crippen LogP contribution in [0.25, 0.3) is 10.9 Å². The summed E-state index contributed by atoms with van der Waals surface area (Å²) in [5.41, 5.74) is 7.56. The predicted molar refractivity (Wildman–Crippen MR) is 80.7 cm³/mol. The molecule has 2 aromatic heterocycles. The number of carbonyl (C=O) groups excluding carboxylic acids is 1. The molecular formula is C15H15N5O. The number of benzene rings is 1. The Morgan fingerprint density at radius 1 is 1.29 bits per heavy atom. The predicted octanol–water partition coefficient (Wildman–Crippen LogP) is 1.44. The van der Waals surface area contributed by atoms with E-state index in [4.69, 9.17) is 5.73 Å². The van der Waals surface area contributed by atoms with Crippen molar-refractivity contribution in [1.29, 1.82) is 0 Å². The lowest BCUT2D eigenvalue weighted by Gasteiger charge is -2.07. The first-order valence-corrected chi connectivity index (χ1v) is 6.65. The van der Waals surface area contributed by atoms with E-state index in [1.807, 2.05) is 36.5 Å². The summed E-state index contributed by atoms with van der Waals surface area (Å²) in [5, 5.41) is 7.73. The van der Waals surface area contributed by atoms with Gasteiger partial charge < -0.3 is 11.1 Å². The Bertz CT molecular complexity index is 767. The van der Waals surface area contributed by atoms with E-state index in [9.17, 15) is 4.79 Å². The van der Waals surface area contributed by atoms with Crippen LogP contribution in [0.2, 0.25) is 0 Å². The van der Waals surface area contributed by atoms with E-state index >= 15 is 0 Å². The quantitative estimate of drug-likeness (QED) is 0.757. The van der Waals surface area contributed by atoms with Crippen molar-refractivity contribution in [3.05, 3.63) is 54.5 Å². The second kappa shape index (κ2) is 5.62. The topological polar surface area (TPSA) is 85.8 Å². The molecule has 6 heteroatoms. The highest BCUT2D eigenvalue weighted by atomic mass is 16.1. The lowest BCUT2D eigenvalue weighted by atomic mass is 10.1. The molecule has 0 aliphatic carbocycles. The van der Waals surface area contributed by atoms with E-state index in [1.54, 1.807) is 16.9 Å². The molecule has 3 aromatic rings. The van der Waals surface area contributed by atoms with E-state index in [2.05, 4.69) is 15.4 Å². The molecule has 6 nitrogen and oxygen atoms in total. The highest BCUT2D eigenvalue weighted by Gasteiger charge is 2.10. The van der Waals surface area contributed by atoms with Crippen molar-refractivity contribution >= 4 is 22.5 Å². The highest BCUT2D eigenvalue weighted by molar-refractivity contribution is 5.99. The van der Waals surface area contributed by atoms with Crippen molar-refractivity contribution in [2.75, 3.05) is 12.3 Å². The molecule has 3 N–H and O–H groups in total. The van der Waals surface area contributed by atoms with Gasteiger partial charge in [-0.3, -0.25) is 9.48 Å². The molecule has 0 aliphatic heterocycles. The summed E-state index contributed by atoms with van der Waals surface area (Å²) in [4.78, 5) is 16.4. The van der Waals surface area contributed by atoms with E-state index < -0.39 is 0 Å². The minimum atomic E-state index is -0.236. The molecule has 1 aromatic carbocycles. The van der Waals surface area contributed by atoms with Gasteiger partial charge in [0.2, 0.25) is 0 Å². The number of anilines is 1. The fourth-order valence-electron chi connectivity index (χ4n) is 2.13. The van der Waals surface area contributed by atoms with Gasteiger partial charge in [0.05, 0.1) is 12.1 Å². The van der Waals surface area contributed by atoms with E-state index in [-0.39, 0.29) is 5.91 Å². The Balaban J connectivity index is 1.72. The van der Waals surface area contributed by atoms with Gasteiger partial charge in [0.1, 0.15) is 5.69 Å². The fraction of sp³-hybridized carbons (Fsp3) is 0.133. The number of amides is 1. The standard InChI is InChI=1S/C15H15N5O/c16-12-10-14(19-13-5-2-1-4-11(12)13)15(21)17-7-9-20-8-3-6-18-20/h1-6,8,10H,7,9H2,(H2,16,19)(H,17,21). The van der Waals surface area contributed by atoms with Crippen LogP contribution in [0.3, 0.4) is 0 Å². The normalized spacial score (nSPS) is 10.7. The highest BCUT2D eigenvalue weighted by Crippen LogP contribution is 2.19. The smallest absolute Gasteiger partial charge is 0.270 e. The SMILES string of the molecule is Nc1cc(C(=O)NCCn2cccn2)nc2ccccc12. The number of nitrogens with two attached hydrogens (primary N) is 1. The second-order valence-electron chi connectivity index (χ2n) is 4.64. The van der Waals surface area contributed by atoms with Gasteiger partial charge in [0, 0.05) is 30.0 Å². The van der Waals surface area contributed by atoms with Crippen LogP contribution in [0.4, 0.5) is 5.69 Å². The van der Waals surface area contributed by atoms with Crippen LogP contribution in [0.5, 0.6) is 0 Å². The molecule has 106 valence electrons. The van der Waals surface area contributed by atoms with Gasteiger partial charge >= 0.3 is 0 Å². The average molecular weight is 281 g/mol. The van der Waals surface area contributed by atoms with Crippen LogP contribution >= 0.6 is 0 Å². The number of aromatic nitrogens is 3. The average Bonchev–Trinajstić information content (AvgIpc) is 3.00. The van der Waals surface area contributed by atoms with Crippen molar-refractivity contribution in [3.63, 3.8) is 0 Å². The molecule has 0 radical (unpaired) electrons. The first kappa shape index (κ1) is 13.1. The minimum Gasteiger partial charge on any atom is -0.398 e. The maximum atomic E-state index is 12.1. The third kappa shape index (κ3) is 2.84. The first-order valence-electron chi connectivity index (χ1n) is 6.65. The molecule has 2 heterocycles. The number of fused-ring (bicyclic) bond motifs is 1.